The number of nitrogens with one attached hydrogen (secondary N) is 1. The minimum Gasteiger partial charge on any atom is -0.378 e. The second-order valence-electron chi connectivity index (χ2n) is 5.93. The maximum Gasteiger partial charge on any atom is 0.224 e. The third-order valence-electron chi connectivity index (χ3n) is 3.97. The van der Waals surface area contributed by atoms with E-state index in [2.05, 4.69) is 20.2 Å². The first-order chi connectivity index (χ1) is 12.1. The Morgan fingerprint density at radius 2 is 2.04 bits per heavy atom. The van der Waals surface area contributed by atoms with E-state index in [1.165, 1.54) is 0 Å². The van der Waals surface area contributed by atoms with Crippen molar-refractivity contribution in [2.24, 2.45) is 0 Å². The number of hydrogen-bond acceptors (Lipinski definition) is 5. The molecule has 0 unspecified atom stereocenters. The molecular weight excluding hydrogens is 340 g/mol. The van der Waals surface area contributed by atoms with Gasteiger partial charge in [0, 0.05) is 29.9 Å². The molecule has 1 saturated heterocycles. The molecule has 0 radical (unpaired) electrons. The quantitative estimate of drug-likeness (QED) is 0.884. The monoisotopic (exact) mass is 360 g/mol. The number of ether oxygens (including phenoxy) is 1. The molecular formula is C18H21ClN4O2. The maximum absolute atomic E-state index is 12.2. The van der Waals surface area contributed by atoms with Gasteiger partial charge in [-0.05, 0) is 18.6 Å². The van der Waals surface area contributed by atoms with Gasteiger partial charge < -0.3 is 15.0 Å². The van der Waals surface area contributed by atoms with Crippen molar-refractivity contribution in [3.8, 4) is 0 Å². The van der Waals surface area contributed by atoms with Gasteiger partial charge in [0.15, 0.2) is 0 Å². The summed E-state index contributed by atoms with van der Waals surface area (Å²) in [6.45, 7) is 5.26. The van der Waals surface area contributed by atoms with E-state index in [1.807, 2.05) is 31.2 Å². The van der Waals surface area contributed by atoms with Crippen molar-refractivity contribution in [1.82, 2.24) is 15.3 Å². The van der Waals surface area contributed by atoms with Crippen molar-refractivity contribution < 1.29 is 9.53 Å². The van der Waals surface area contributed by atoms with Crippen molar-refractivity contribution in [3.05, 3.63) is 52.4 Å². The van der Waals surface area contributed by atoms with Crippen molar-refractivity contribution in [2.75, 3.05) is 31.2 Å². The minimum atomic E-state index is -0.105. The van der Waals surface area contributed by atoms with Crippen molar-refractivity contribution >= 4 is 23.3 Å². The third kappa shape index (κ3) is 4.90. The first-order valence-corrected chi connectivity index (χ1v) is 8.67. The lowest BCUT2D eigenvalue weighted by atomic mass is 10.1. The number of nitrogens with zero attached hydrogens (tertiary/aromatic N) is 3. The Kier molecular flexibility index (Phi) is 5.83. The molecule has 0 spiro atoms. The number of amides is 1. The Hall–Kier alpha value is -2.18. The largest absolute Gasteiger partial charge is 0.378 e. The second kappa shape index (κ2) is 8.27. The molecule has 1 aliphatic heterocycles. The molecule has 1 amide bonds. The Bertz CT molecular complexity index is 748. The van der Waals surface area contributed by atoms with Crippen molar-refractivity contribution in [2.45, 2.75) is 19.9 Å². The standard InChI is InChI=1S/C18H21ClN4O2/c1-13-10-17(23-6-8-25-9-7-23)22-16(21-13)12-20-18(24)11-14-4-2-3-5-15(14)19/h2-5,10H,6-9,11-12H2,1H3,(H,20,24). The van der Waals surface area contributed by atoms with E-state index in [0.29, 0.717) is 30.6 Å². The van der Waals surface area contributed by atoms with Gasteiger partial charge in [-0.3, -0.25) is 4.79 Å². The lowest BCUT2D eigenvalue weighted by Crippen LogP contribution is -2.37. The Morgan fingerprint density at radius 1 is 1.28 bits per heavy atom. The highest BCUT2D eigenvalue weighted by Gasteiger charge is 2.14. The molecule has 1 aromatic heterocycles. The zero-order valence-electron chi connectivity index (χ0n) is 14.2. The number of morpholine rings is 1. The van der Waals surface area contributed by atoms with Gasteiger partial charge in [0.25, 0.3) is 0 Å². The molecule has 0 aliphatic carbocycles. The van der Waals surface area contributed by atoms with Crippen LogP contribution in [0.4, 0.5) is 5.82 Å². The summed E-state index contributed by atoms with van der Waals surface area (Å²) < 4.78 is 5.37. The number of benzene rings is 1. The van der Waals surface area contributed by atoms with Crippen molar-refractivity contribution in [3.63, 3.8) is 0 Å². The summed E-state index contributed by atoms with van der Waals surface area (Å²) in [7, 11) is 0. The smallest absolute Gasteiger partial charge is 0.224 e. The zero-order valence-corrected chi connectivity index (χ0v) is 14.9. The topological polar surface area (TPSA) is 67.3 Å². The predicted octanol–water partition coefficient (Wildman–Crippen LogP) is 2.13. The van der Waals surface area contributed by atoms with Crippen LogP contribution in [0.25, 0.3) is 0 Å². The molecule has 132 valence electrons. The molecule has 1 N–H and O–H groups in total. The Balaban J connectivity index is 1.61. The summed E-state index contributed by atoms with van der Waals surface area (Å²) in [6, 6.07) is 9.30. The number of aromatic nitrogens is 2. The van der Waals surface area contributed by atoms with Crippen LogP contribution in [0, 0.1) is 6.92 Å². The third-order valence-corrected chi connectivity index (χ3v) is 4.34. The van der Waals surface area contributed by atoms with Crippen LogP contribution in [0.1, 0.15) is 17.1 Å². The lowest BCUT2D eigenvalue weighted by Gasteiger charge is -2.28. The van der Waals surface area contributed by atoms with Gasteiger partial charge in [0.2, 0.25) is 5.91 Å². The minimum absolute atomic E-state index is 0.105. The summed E-state index contributed by atoms with van der Waals surface area (Å²) in [5.41, 5.74) is 1.69. The Morgan fingerprint density at radius 3 is 2.80 bits per heavy atom. The zero-order chi connectivity index (χ0) is 17.6. The summed E-state index contributed by atoms with van der Waals surface area (Å²) in [4.78, 5) is 23.3. The van der Waals surface area contributed by atoms with Gasteiger partial charge in [-0.15, -0.1) is 0 Å². The second-order valence-corrected chi connectivity index (χ2v) is 6.34. The number of hydrogen-bond donors (Lipinski definition) is 1. The van der Waals surface area contributed by atoms with E-state index >= 15 is 0 Å². The number of carbonyl (C=O) groups is 1. The summed E-state index contributed by atoms with van der Waals surface area (Å²) in [5.74, 6) is 1.38. The SMILES string of the molecule is Cc1cc(N2CCOCC2)nc(CNC(=O)Cc2ccccc2Cl)n1. The van der Waals surface area contributed by atoms with Crippen LogP contribution in [0.15, 0.2) is 30.3 Å². The summed E-state index contributed by atoms with van der Waals surface area (Å²) in [5, 5.41) is 3.46. The summed E-state index contributed by atoms with van der Waals surface area (Å²) >= 11 is 6.09. The van der Waals surface area contributed by atoms with E-state index < -0.39 is 0 Å². The first-order valence-electron chi connectivity index (χ1n) is 8.29. The maximum atomic E-state index is 12.2. The highest BCUT2D eigenvalue weighted by atomic mass is 35.5. The average Bonchev–Trinajstić information content (AvgIpc) is 2.62. The van der Waals surface area contributed by atoms with Crippen LogP contribution in [0.2, 0.25) is 5.02 Å². The van der Waals surface area contributed by atoms with Crippen LogP contribution in [0.3, 0.4) is 0 Å². The molecule has 6 nitrogen and oxygen atoms in total. The van der Waals surface area contributed by atoms with Crippen LogP contribution in [-0.2, 0) is 22.5 Å². The average molecular weight is 361 g/mol. The van der Waals surface area contributed by atoms with E-state index in [4.69, 9.17) is 16.3 Å². The van der Waals surface area contributed by atoms with Gasteiger partial charge in [0.1, 0.15) is 11.6 Å². The van der Waals surface area contributed by atoms with E-state index in [0.717, 1.165) is 30.2 Å². The normalized spacial score (nSPS) is 14.4. The molecule has 1 aromatic carbocycles. The van der Waals surface area contributed by atoms with Gasteiger partial charge in [-0.1, -0.05) is 29.8 Å². The van der Waals surface area contributed by atoms with Gasteiger partial charge >= 0.3 is 0 Å². The molecule has 1 fully saturated rings. The van der Waals surface area contributed by atoms with E-state index in [9.17, 15) is 4.79 Å². The van der Waals surface area contributed by atoms with Crippen LogP contribution in [-0.4, -0.2) is 42.2 Å². The molecule has 25 heavy (non-hydrogen) atoms. The first kappa shape index (κ1) is 17.6. The van der Waals surface area contributed by atoms with Gasteiger partial charge in [-0.25, -0.2) is 9.97 Å². The fraction of sp³-hybridized carbons (Fsp3) is 0.389. The van der Waals surface area contributed by atoms with Crippen LogP contribution in [0.5, 0.6) is 0 Å². The number of aryl methyl sites for hydroxylation is 1. The number of halogens is 1. The molecule has 1 aliphatic rings. The number of carbonyl (C=O) groups excluding carboxylic acids is 1. The Labute approximate surface area is 152 Å². The van der Waals surface area contributed by atoms with E-state index in [-0.39, 0.29) is 12.3 Å². The lowest BCUT2D eigenvalue weighted by molar-refractivity contribution is -0.120. The van der Waals surface area contributed by atoms with Crippen LogP contribution >= 0.6 is 11.6 Å². The molecule has 3 rings (SSSR count). The van der Waals surface area contributed by atoms with Gasteiger partial charge in [-0.2, -0.15) is 0 Å². The fourth-order valence-corrected chi connectivity index (χ4v) is 2.90. The molecule has 7 heteroatoms. The number of rotatable bonds is 5. The molecule has 2 aromatic rings. The molecule has 0 saturated carbocycles. The summed E-state index contributed by atoms with van der Waals surface area (Å²) in [6.07, 6.45) is 0.238. The number of anilines is 1. The van der Waals surface area contributed by atoms with E-state index in [1.54, 1.807) is 6.07 Å². The predicted molar refractivity (Wildman–Crippen MR) is 96.8 cm³/mol. The highest BCUT2D eigenvalue weighted by molar-refractivity contribution is 6.31. The highest BCUT2D eigenvalue weighted by Crippen LogP contribution is 2.16. The van der Waals surface area contributed by atoms with Crippen LogP contribution < -0.4 is 10.2 Å². The fourth-order valence-electron chi connectivity index (χ4n) is 2.70. The van der Waals surface area contributed by atoms with Crippen molar-refractivity contribution in [1.29, 1.82) is 0 Å². The molecule has 2 heterocycles. The molecule has 0 bridgehead atoms. The van der Waals surface area contributed by atoms with Gasteiger partial charge in [0.05, 0.1) is 26.2 Å². The molecule has 0 atom stereocenters.